The van der Waals surface area contributed by atoms with E-state index in [2.05, 4.69) is 5.32 Å². The van der Waals surface area contributed by atoms with Crippen LogP contribution >= 0.6 is 23.2 Å². The molecule has 0 saturated carbocycles. The number of rotatable bonds is 12. The highest BCUT2D eigenvalue weighted by Crippen LogP contribution is 2.26. The predicted molar refractivity (Wildman–Crippen MR) is 142 cm³/mol. The highest BCUT2D eigenvalue weighted by atomic mass is 35.5. The molecule has 1 atom stereocenters. The maximum atomic E-state index is 13.6. The summed E-state index contributed by atoms with van der Waals surface area (Å²) in [6.07, 6.45) is 3.11. The van der Waals surface area contributed by atoms with Crippen LogP contribution in [0.4, 0.5) is 5.69 Å². The van der Waals surface area contributed by atoms with Crippen LogP contribution in [0.5, 0.6) is 0 Å². The zero-order valence-electron chi connectivity index (χ0n) is 20.6. The van der Waals surface area contributed by atoms with Gasteiger partial charge in [-0.3, -0.25) is 13.9 Å². The molecule has 0 spiro atoms. The van der Waals surface area contributed by atoms with Gasteiger partial charge in [-0.1, -0.05) is 67.7 Å². The van der Waals surface area contributed by atoms with Crippen molar-refractivity contribution in [1.29, 1.82) is 0 Å². The van der Waals surface area contributed by atoms with Crippen LogP contribution in [-0.4, -0.2) is 50.5 Å². The summed E-state index contributed by atoms with van der Waals surface area (Å²) in [6, 6.07) is 11.1. The number of hydrogen-bond donors (Lipinski definition) is 1. The van der Waals surface area contributed by atoms with E-state index in [0.29, 0.717) is 28.6 Å². The molecular weight excluding hydrogens is 509 g/mol. The van der Waals surface area contributed by atoms with Crippen LogP contribution in [0.2, 0.25) is 10.0 Å². The molecule has 1 unspecified atom stereocenters. The second-order valence-electron chi connectivity index (χ2n) is 8.38. The number of amides is 2. The molecule has 0 saturated heterocycles. The Hall–Kier alpha value is -2.29. The summed E-state index contributed by atoms with van der Waals surface area (Å²) in [5, 5.41) is 3.73. The Morgan fingerprint density at radius 1 is 1.06 bits per heavy atom. The van der Waals surface area contributed by atoms with Gasteiger partial charge < -0.3 is 10.2 Å². The van der Waals surface area contributed by atoms with Gasteiger partial charge in [-0.05, 0) is 49.1 Å². The van der Waals surface area contributed by atoms with Crippen LogP contribution in [-0.2, 0) is 26.2 Å². The SMILES string of the molecule is CCCCNC(=O)C(CC)N(Cc1ccccc1Cl)C(=O)CN(c1ccc(C)c(Cl)c1)S(C)(=O)=O. The normalized spacial score (nSPS) is 12.2. The number of sulfonamides is 1. The zero-order chi connectivity index (χ0) is 26.2. The molecule has 1 N–H and O–H groups in total. The average Bonchev–Trinajstić information content (AvgIpc) is 2.79. The third-order valence-corrected chi connectivity index (χ3v) is 7.55. The summed E-state index contributed by atoms with van der Waals surface area (Å²) in [7, 11) is -3.83. The van der Waals surface area contributed by atoms with E-state index in [-0.39, 0.29) is 18.1 Å². The van der Waals surface area contributed by atoms with Crippen molar-refractivity contribution < 1.29 is 18.0 Å². The molecule has 10 heteroatoms. The summed E-state index contributed by atoms with van der Waals surface area (Å²) in [5.41, 5.74) is 1.71. The summed E-state index contributed by atoms with van der Waals surface area (Å²) in [4.78, 5) is 28.1. The Balaban J connectivity index is 2.43. The fourth-order valence-electron chi connectivity index (χ4n) is 3.59. The van der Waals surface area contributed by atoms with Crippen LogP contribution < -0.4 is 9.62 Å². The van der Waals surface area contributed by atoms with E-state index in [4.69, 9.17) is 23.2 Å². The number of unbranched alkanes of at least 4 members (excludes halogenated alkanes) is 1. The van der Waals surface area contributed by atoms with Gasteiger partial charge in [0.25, 0.3) is 0 Å². The van der Waals surface area contributed by atoms with Crippen LogP contribution in [0, 0.1) is 6.92 Å². The average molecular weight is 543 g/mol. The number of halogens is 2. The minimum atomic E-state index is -3.83. The number of benzene rings is 2. The maximum Gasteiger partial charge on any atom is 0.244 e. The number of aryl methyl sites for hydroxylation is 1. The van der Waals surface area contributed by atoms with Crippen molar-refractivity contribution in [2.24, 2.45) is 0 Å². The largest absolute Gasteiger partial charge is 0.354 e. The Bertz CT molecular complexity index is 1140. The Labute approximate surface area is 218 Å². The second kappa shape index (κ2) is 13.1. The first-order valence-corrected chi connectivity index (χ1v) is 14.1. The molecule has 2 rings (SSSR count). The topological polar surface area (TPSA) is 86.8 Å². The lowest BCUT2D eigenvalue weighted by Crippen LogP contribution is -2.52. The van der Waals surface area contributed by atoms with Crippen molar-refractivity contribution in [2.75, 3.05) is 23.7 Å². The van der Waals surface area contributed by atoms with E-state index < -0.39 is 28.5 Å². The number of nitrogens with zero attached hydrogens (tertiary/aromatic N) is 2. The van der Waals surface area contributed by atoms with Crippen molar-refractivity contribution in [3.8, 4) is 0 Å². The van der Waals surface area contributed by atoms with Crippen LogP contribution in [0.15, 0.2) is 42.5 Å². The van der Waals surface area contributed by atoms with E-state index in [1.807, 2.05) is 13.8 Å². The van der Waals surface area contributed by atoms with Crippen molar-refractivity contribution in [1.82, 2.24) is 10.2 Å². The minimum absolute atomic E-state index is 0.0600. The lowest BCUT2D eigenvalue weighted by atomic mass is 10.1. The number of carbonyl (C=O) groups excluding carboxylic acids is 2. The van der Waals surface area contributed by atoms with Crippen LogP contribution in [0.3, 0.4) is 0 Å². The Morgan fingerprint density at radius 3 is 2.31 bits per heavy atom. The molecule has 2 amide bonds. The molecule has 35 heavy (non-hydrogen) atoms. The van der Waals surface area contributed by atoms with Crippen molar-refractivity contribution in [3.05, 3.63) is 63.6 Å². The fourth-order valence-corrected chi connectivity index (χ4v) is 4.80. The Kier molecular flexibility index (Phi) is 10.9. The first kappa shape index (κ1) is 28.9. The molecule has 0 aromatic heterocycles. The summed E-state index contributed by atoms with van der Waals surface area (Å²) >= 11 is 12.6. The molecular formula is C25H33Cl2N3O4S. The summed E-state index contributed by atoms with van der Waals surface area (Å²) in [6.45, 7) is 5.71. The smallest absolute Gasteiger partial charge is 0.244 e. The standard InChI is InChI=1S/C25H33Cl2N3O4S/c1-5-7-14-28-25(32)23(6-2)29(16-19-10-8-9-11-21(19)26)24(31)17-30(35(4,33)34)20-13-12-18(3)22(27)15-20/h8-13,15,23H,5-7,14,16-17H2,1-4H3,(H,28,32). The number of anilines is 1. The first-order chi connectivity index (χ1) is 16.5. The molecule has 0 radical (unpaired) electrons. The molecule has 192 valence electrons. The van der Waals surface area contributed by atoms with Gasteiger partial charge in [0.1, 0.15) is 12.6 Å². The molecule has 7 nitrogen and oxygen atoms in total. The molecule has 0 heterocycles. The van der Waals surface area contributed by atoms with Gasteiger partial charge in [-0.25, -0.2) is 8.42 Å². The number of hydrogen-bond acceptors (Lipinski definition) is 4. The molecule has 2 aromatic rings. The fraction of sp³-hybridized carbons (Fsp3) is 0.440. The van der Waals surface area contributed by atoms with Crippen molar-refractivity contribution in [2.45, 2.75) is 52.6 Å². The molecule has 0 fully saturated rings. The maximum absolute atomic E-state index is 13.6. The Morgan fingerprint density at radius 2 is 1.74 bits per heavy atom. The predicted octanol–water partition coefficient (Wildman–Crippen LogP) is 4.79. The van der Waals surface area contributed by atoms with Gasteiger partial charge in [0.05, 0.1) is 11.9 Å². The van der Waals surface area contributed by atoms with Gasteiger partial charge >= 0.3 is 0 Å². The summed E-state index contributed by atoms with van der Waals surface area (Å²) in [5.74, 6) is -0.810. The molecule has 0 aliphatic heterocycles. The van der Waals surface area contributed by atoms with Gasteiger partial charge in [-0.2, -0.15) is 0 Å². The summed E-state index contributed by atoms with van der Waals surface area (Å²) < 4.78 is 26.3. The van der Waals surface area contributed by atoms with Crippen LogP contribution in [0.25, 0.3) is 0 Å². The quantitative estimate of drug-likeness (QED) is 0.391. The lowest BCUT2D eigenvalue weighted by molar-refractivity contribution is -0.140. The monoisotopic (exact) mass is 541 g/mol. The first-order valence-electron chi connectivity index (χ1n) is 11.5. The second-order valence-corrected chi connectivity index (χ2v) is 11.1. The molecule has 0 aliphatic carbocycles. The lowest BCUT2D eigenvalue weighted by Gasteiger charge is -2.33. The van der Waals surface area contributed by atoms with E-state index in [1.54, 1.807) is 43.3 Å². The zero-order valence-corrected chi connectivity index (χ0v) is 22.9. The van der Waals surface area contributed by atoms with Crippen LogP contribution in [0.1, 0.15) is 44.2 Å². The van der Waals surface area contributed by atoms with Gasteiger partial charge in [0.2, 0.25) is 21.8 Å². The number of carbonyl (C=O) groups is 2. The van der Waals surface area contributed by atoms with E-state index in [0.717, 1.165) is 29.0 Å². The molecule has 0 aliphatic rings. The van der Waals surface area contributed by atoms with E-state index in [1.165, 1.54) is 11.0 Å². The van der Waals surface area contributed by atoms with Crippen molar-refractivity contribution in [3.63, 3.8) is 0 Å². The highest BCUT2D eigenvalue weighted by molar-refractivity contribution is 7.92. The van der Waals surface area contributed by atoms with E-state index >= 15 is 0 Å². The van der Waals surface area contributed by atoms with Gasteiger partial charge in [-0.15, -0.1) is 0 Å². The highest BCUT2D eigenvalue weighted by Gasteiger charge is 2.32. The van der Waals surface area contributed by atoms with E-state index in [9.17, 15) is 18.0 Å². The third kappa shape index (κ3) is 8.12. The minimum Gasteiger partial charge on any atom is -0.354 e. The number of nitrogens with one attached hydrogen (secondary N) is 1. The van der Waals surface area contributed by atoms with Crippen molar-refractivity contribution >= 4 is 50.7 Å². The molecule has 0 bridgehead atoms. The third-order valence-electron chi connectivity index (χ3n) is 5.64. The molecule has 2 aromatic carbocycles. The van der Waals surface area contributed by atoms with Gasteiger partial charge in [0.15, 0.2) is 0 Å². The van der Waals surface area contributed by atoms with Gasteiger partial charge in [0, 0.05) is 23.1 Å².